The predicted molar refractivity (Wildman–Crippen MR) is 134 cm³/mol. The summed E-state index contributed by atoms with van der Waals surface area (Å²) in [5.41, 5.74) is 5.10. The molecule has 5 rings (SSSR count). The van der Waals surface area contributed by atoms with Crippen molar-refractivity contribution in [3.05, 3.63) is 83.9 Å². The topological polar surface area (TPSA) is 106 Å². The smallest absolute Gasteiger partial charge is 0.352 e. The van der Waals surface area contributed by atoms with E-state index in [2.05, 4.69) is 27.0 Å². The Labute approximate surface area is 201 Å². The molecule has 8 heteroatoms. The Morgan fingerprint density at radius 1 is 1.14 bits per heavy atom. The summed E-state index contributed by atoms with van der Waals surface area (Å²) in [6, 6.07) is 18.9. The first-order chi connectivity index (χ1) is 17.1. The number of aromatic carboxylic acids is 1. The lowest BCUT2D eigenvalue weighted by Crippen LogP contribution is -2.10. The lowest BCUT2D eigenvalue weighted by molar-refractivity contribution is 0.0686. The standard InChI is InChI=1S/C27H23N5O3/c1-3-17-11-8-12-19(24(17)28-4-2)25-20-15-22(27(33)34)32(21(20)13-14-29-25)16-23-30-26(35-31-23)18-9-6-5-7-10-18/h4-15H,3,16H2,1-2H3,(H,33,34). The van der Waals surface area contributed by atoms with Gasteiger partial charge in [0, 0.05) is 28.9 Å². The molecule has 0 aliphatic heterocycles. The second-order valence-corrected chi connectivity index (χ2v) is 7.95. The van der Waals surface area contributed by atoms with Gasteiger partial charge in [-0.25, -0.2) is 4.79 Å². The number of carbonyl (C=O) groups is 1. The third-order valence-corrected chi connectivity index (χ3v) is 5.85. The van der Waals surface area contributed by atoms with E-state index < -0.39 is 5.97 Å². The van der Waals surface area contributed by atoms with Gasteiger partial charge in [0.2, 0.25) is 0 Å². The summed E-state index contributed by atoms with van der Waals surface area (Å²) in [6.07, 6.45) is 4.26. The van der Waals surface area contributed by atoms with E-state index in [1.165, 1.54) is 0 Å². The molecule has 8 nitrogen and oxygen atoms in total. The second kappa shape index (κ2) is 9.34. The van der Waals surface area contributed by atoms with Crippen molar-refractivity contribution in [3.8, 4) is 22.7 Å². The molecule has 0 aliphatic rings. The first-order valence-corrected chi connectivity index (χ1v) is 11.3. The van der Waals surface area contributed by atoms with Crippen molar-refractivity contribution >= 4 is 28.8 Å². The number of hydrogen-bond donors (Lipinski definition) is 1. The number of hydrogen-bond acceptors (Lipinski definition) is 6. The normalized spacial score (nSPS) is 11.5. The van der Waals surface area contributed by atoms with Gasteiger partial charge in [0.1, 0.15) is 5.69 Å². The summed E-state index contributed by atoms with van der Waals surface area (Å²) in [5.74, 6) is -0.283. The van der Waals surface area contributed by atoms with Crippen LogP contribution in [0, 0.1) is 0 Å². The van der Waals surface area contributed by atoms with Crippen LogP contribution in [0.2, 0.25) is 0 Å². The van der Waals surface area contributed by atoms with E-state index in [9.17, 15) is 9.90 Å². The summed E-state index contributed by atoms with van der Waals surface area (Å²) < 4.78 is 7.10. The summed E-state index contributed by atoms with van der Waals surface area (Å²) in [4.78, 5) is 25.9. The van der Waals surface area contributed by atoms with Crippen LogP contribution in [0.15, 0.2) is 76.4 Å². The summed E-state index contributed by atoms with van der Waals surface area (Å²) >= 11 is 0. The Balaban J connectivity index is 1.64. The highest BCUT2D eigenvalue weighted by molar-refractivity contribution is 6.02. The molecule has 0 saturated heterocycles. The Hall–Kier alpha value is -4.59. The van der Waals surface area contributed by atoms with E-state index in [1.54, 1.807) is 29.1 Å². The fraction of sp³-hybridized carbons (Fsp3) is 0.148. The van der Waals surface area contributed by atoms with Gasteiger partial charge in [0.05, 0.1) is 23.4 Å². The van der Waals surface area contributed by atoms with Gasteiger partial charge < -0.3 is 14.2 Å². The van der Waals surface area contributed by atoms with E-state index in [0.29, 0.717) is 22.9 Å². The zero-order chi connectivity index (χ0) is 24.4. The molecule has 174 valence electrons. The number of pyridine rings is 1. The number of rotatable bonds is 7. The molecule has 0 spiro atoms. The maximum absolute atomic E-state index is 12.2. The van der Waals surface area contributed by atoms with Gasteiger partial charge in [-0.1, -0.05) is 48.5 Å². The van der Waals surface area contributed by atoms with Crippen molar-refractivity contribution in [3.63, 3.8) is 0 Å². The highest BCUT2D eigenvalue weighted by atomic mass is 16.5. The molecule has 0 atom stereocenters. The molecular formula is C27H23N5O3. The number of aryl methyl sites for hydroxylation is 1. The van der Waals surface area contributed by atoms with Crippen LogP contribution in [-0.2, 0) is 13.0 Å². The average Bonchev–Trinajstić information content (AvgIpc) is 3.50. The molecule has 0 aliphatic carbocycles. The van der Waals surface area contributed by atoms with Crippen molar-refractivity contribution in [2.45, 2.75) is 26.8 Å². The highest BCUT2D eigenvalue weighted by Gasteiger charge is 2.21. The molecule has 2 aromatic carbocycles. The predicted octanol–water partition coefficient (Wildman–Crippen LogP) is 5.78. The Kier molecular flexibility index (Phi) is 5.93. The maximum Gasteiger partial charge on any atom is 0.352 e. The number of aromatic nitrogens is 4. The van der Waals surface area contributed by atoms with E-state index in [0.717, 1.165) is 34.2 Å². The minimum atomic E-state index is -1.05. The number of benzene rings is 2. The minimum absolute atomic E-state index is 0.118. The van der Waals surface area contributed by atoms with Crippen molar-refractivity contribution in [1.82, 2.24) is 19.7 Å². The van der Waals surface area contributed by atoms with E-state index in [1.807, 2.05) is 55.5 Å². The highest BCUT2D eigenvalue weighted by Crippen LogP contribution is 2.37. The molecule has 35 heavy (non-hydrogen) atoms. The van der Waals surface area contributed by atoms with Crippen molar-refractivity contribution < 1.29 is 14.4 Å². The third kappa shape index (κ3) is 4.10. The molecule has 5 aromatic rings. The number of fused-ring (bicyclic) bond motifs is 1. The SMILES string of the molecule is CC=Nc1c(CC)cccc1-c1nccc2c1cc(C(=O)O)n2Cc1noc(-c2ccccc2)n1. The van der Waals surface area contributed by atoms with Crippen LogP contribution in [-0.4, -0.2) is 37.0 Å². The average molecular weight is 466 g/mol. The van der Waals surface area contributed by atoms with Crippen LogP contribution >= 0.6 is 0 Å². The Morgan fingerprint density at radius 2 is 1.97 bits per heavy atom. The third-order valence-electron chi connectivity index (χ3n) is 5.85. The fourth-order valence-corrected chi connectivity index (χ4v) is 4.25. The van der Waals surface area contributed by atoms with Crippen molar-refractivity contribution in [2.24, 2.45) is 4.99 Å². The monoisotopic (exact) mass is 465 g/mol. The molecular weight excluding hydrogens is 442 g/mol. The summed E-state index contributed by atoms with van der Waals surface area (Å²) in [6.45, 7) is 4.09. The lowest BCUT2D eigenvalue weighted by atomic mass is 10.0. The van der Waals surface area contributed by atoms with Gasteiger partial charge in [0.15, 0.2) is 5.82 Å². The van der Waals surface area contributed by atoms with E-state index in [4.69, 9.17) is 4.52 Å². The zero-order valence-electron chi connectivity index (χ0n) is 19.3. The van der Waals surface area contributed by atoms with Crippen LogP contribution in [0.4, 0.5) is 5.69 Å². The molecule has 0 fully saturated rings. The van der Waals surface area contributed by atoms with E-state index in [-0.39, 0.29) is 12.2 Å². The zero-order valence-corrected chi connectivity index (χ0v) is 19.3. The summed E-state index contributed by atoms with van der Waals surface area (Å²) in [5, 5.41) is 14.8. The summed E-state index contributed by atoms with van der Waals surface area (Å²) in [7, 11) is 0. The Bertz CT molecular complexity index is 1550. The van der Waals surface area contributed by atoms with Gasteiger partial charge in [-0.15, -0.1) is 0 Å². The molecule has 0 amide bonds. The molecule has 0 radical (unpaired) electrons. The maximum atomic E-state index is 12.2. The van der Waals surface area contributed by atoms with Crippen LogP contribution < -0.4 is 0 Å². The first kappa shape index (κ1) is 22.2. The molecule has 3 aromatic heterocycles. The quantitative estimate of drug-likeness (QED) is 0.305. The van der Waals surface area contributed by atoms with Gasteiger partial charge in [-0.05, 0) is 43.2 Å². The fourth-order valence-electron chi connectivity index (χ4n) is 4.25. The first-order valence-electron chi connectivity index (χ1n) is 11.3. The number of carboxylic acid groups (broad SMARTS) is 1. The van der Waals surface area contributed by atoms with Gasteiger partial charge in [-0.3, -0.25) is 9.98 Å². The van der Waals surface area contributed by atoms with Gasteiger partial charge >= 0.3 is 5.97 Å². The van der Waals surface area contributed by atoms with Crippen LogP contribution in [0.1, 0.15) is 35.7 Å². The number of nitrogens with zero attached hydrogens (tertiary/aromatic N) is 5. The van der Waals surface area contributed by atoms with Crippen LogP contribution in [0.3, 0.4) is 0 Å². The van der Waals surface area contributed by atoms with Gasteiger partial charge in [-0.2, -0.15) is 4.98 Å². The minimum Gasteiger partial charge on any atom is -0.477 e. The van der Waals surface area contributed by atoms with Crippen molar-refractivity contribution in [1.29, 1.82) is 0 Å². The number of carboxylic acids is 1. The molecule has 0 bridgehead atoms. The van der Waals surface area contributed by atoms with Crippen LogP contribution in [0.25, 0.3) is 33.6 Å². The molecule has 3 heterocycles. The number of aliphatic imine (C=N–C) groups is 1. The van der Waals surface area contributed by atoms with E-state index >= 15 is 0 Å². The van der Waals surface area contributed by atoms with Crippen LogP contribution in [0.5, 0.6) is 0 Å². The molecule has 0 saturated carbocycles. The lowest BCUT2D eigenvalue weighted by Gasteiger charge is -2.11. The molecule has 1 N–H and O–H groups in total. The Morgan fingerprint density at radius 3 is 2.71 bits per heavy atom. The van der Waals surface area contributed by atoms with Crippen molar-refractivity contribution in [2.75, 3.05) is 0 Å². The largest absolute Gasteiger partial charge is 0.477 e. The van der Waals surface area contributed by atoms with Gasteiger partial charge in [0.25, 0.3) is 5.89 Å². The second-order valence-electron chi connectivity index (χ2n) is 7.95. The number of para-hydroxylation sites is 1. The molecule has 0 unspecified atom stereocenters.